The Morgan fingerprint density at radius 3 is 3.00 bits per heavy atom. The van der Waals surface area contributed by atoms with Crippen molar-refractivity contribution in [2.75, 3.05) is 11.9 Å². The number of Topliss-reactive ketones (excluding diaryl/α,β-unsaturated/α-hetero) is 1. The Morgan fingerprint density at radius 1 is 1.46 bits per heavy atom. The van der Waals surface area contributed by atoms with Gasteiger partial charge in [0.05, 0.1) is 0 Å². The van der Waals surface area contributed by atoms with Crippen LogP contribution >= 0.6 is 0 Å². The molecular weight excluding hydrogens is 169 g/mol. The van der Waals surface area contributed by atoms with Gasteiger partial charge in [-0.1, -0.05) is 0 Å². The zero-order valence-corrected chi connectivity index (χ0v) is 7.36. The normalized spacial score (nSPS) is 15.1. The van der Waals surface area contributed by atoms with Crippen LogP contribution in [0.5, 0.6) is 0 Å². The molecule has 0 unspecified atom stereocenters. The lowest BCUT2D eigenvalue weighted by atomic mass is 9.99. The van der Waals surface area contributed by atoms with E-state index in [1.807, 2.05) is 0 Å². The fourth-order valence-corrected chi connectivity index (χ4v) is 1.63. The number of rotatable bonds is 0. The lowest BCUT2D eigenvalue weighted by molar-refractivity contribution is 0.0983. The van der Waals surface area contributed by atoms with Gasteiger partial charge in [-0.15, -0.1) is 0 Å². The summed E-state index contributed by atoms with van der Waals surface area (Å²) in [7, 11) is 0. The first kappa shape index (κ1) is 8.23. The predicted octanol–water partition coefficient (Wildman–Crippen LogP) is 2.13. The number of carbonyl (C=O) groups excluding carboxylic acids is 1. The third kappa shape index (κ3) is 1.30. The number of benzene rings is 1. The Hall–Kier alpha value is -1.38. The molecule has 1 aliphatic heterocycles. The summed E-state index contributed by atoms with van der Waals surface area (Å²) >= 11 is 0. The summed E-state index contributed by atoms with van der Waals surface area (Å²) in [6, 6.07) is 2.74. The van der Waals surface area contributed by atoms with E-state index in [-0.39, 0.29) is 11.6 Å². The number of hydrogen-bond donors (Lipinski definition) is 1. The molecular formula is C10H10FNO. The van der Waals surface area contributed by atoms with Crippen molar-refractivity contribution >= 4 is 11.5 Å². The lowest BCUT2D eigenvalue weighted by Crippen LogP contribution is -2.19. The highest BCUT2D eigenvalue weighted by atomic mass is 19.1. The summed E-state index contributed by atoms with van der Waals surface area (Å²) in [6.07, 6.45) is 0.454. The summed E-state index contributed by atoms with van der Waals surface area (Å²) in [5, 5.41) is 3.10. The zero-order chi connectivity index (χ0) is 9.42. The fourth-order valence-electron chi connectivity index (χ4n) is 1.63. The number of fused-ring (bicyclic) bond motifs is 1. The smallest absolute Gasteiger partial charge is 0.166 e. The molecule has 13 heavy (non-hydrogen) atoms. The summed E-state index contributed by atoms with van der Waals surface area (Å²) < 4.78 is 12.9. The van der Waals surface area contributed by atoms with Crippen molar-refractivity contribution in [1.29, 1.82) is 0 Å². The molecule has 0 aliphatic carbocycles. The summed E-state index contributed by atoms with van der Waals surface area (Å²) in [5.41, 5.74) is 2.07. The van der Waals surface area contributed by atoms with Gasteiger partial charge in [0.25, 0.3) is 0 Å². The van der Waals surface area contributed by atoms with Crippen LogP contribution in [0, 0.1) is 12.7 Å². The van der Waals surface area contributed by atoms with Crippen LogP contribution in [-0.4, -0.2) is 12.3 Å². The highest BCUT2D eigenvalue weighted by Crippen LogP contribution is 2.26. The van der Waals surface area contributed by atoms with Crippen LogP contribution in [0.2, 0.25) is 0 Å². The topological polar surface area (TPSA) is 29.1 Å². The Bertz CT molecular complexity index is 373. The van der Waals surface area contributed by atoms with Gasteiger partial charge in [0.1, 0.15) is 5.82 Å². The molecule has 1 aliphatic rings. The van der Waals surface area contributed by atoms with Crippen molar-refractivity contribution in [3.63, 3.8) is 0 Å². The van der Waals surface area contributed by atoms with Crippen LogP contribution in [0.15, 0.2) is 12.1 Å². The van der Waals surface area contributed by atoms with Crippen molar-refractivity contribution in [3.05, 3.63) is 29.1 Å². The maximum absolute atomic E-state index is 12.9. The van der Waals surface area contributed by atoms with Gasteiger partial charge in [-0.25, -0.2) is 4.39 Å². The van der Waals surface area contributed by atoms with Crippen molar-refractivity contribution in [2.24, 2.45) is 0 Å². The van der Waals surface area contributed by atoms with Crippen LogP contribution in [0.4, 0.5) is 10.1 Å². The molecule has 0 fully saturated rings. The zero-order valence-electron chi connectivity index (χ0n) is 7.36. The van der Waals surface area contributed by atoms with Gasteiger partial charge < -0.3 is 5.32 Å². The first-order valence-electron chi connectivity index (χ1n) is 4.25. The molecule has 1 aromatic rings. The second kappa shape index (κ2) is 2.83. The molecule has 1 N–H and O–H groups in total. The van der Waals surface area contributed by atoms with Crippen molar-refractivity contribution < 1.29 is 9.18 Å². The van der Waals surface area contributed by atoms with Gasteiger partial charge in [-0.05, 0) is 24.6 Å². The van der Waals surface area contributed by atoms with Gasteiger partial charge in [0.2, 0.25) is 0 Å². The molecule has 2 nitrogen and oxygen atoms in total. The Balaban J connectivity index is 2.63. The highest BCUT2D eigenvalue weighted by molar-refractivity contribution is 6.03. The number of ketones is 1. The molecule has 68 valence electrons. The van der Waals surface area contributed by atoms with E-state index in [1.165, 1.54) is 12.1 Å². The molecule has 1 aromatic carbocycles. The second-order valence-corrected chi connectivity index (χ2v) is 3.25. The minimum absolute atomic E-state index is 0.0244. The van der Waals surface area contributed by atoms with Gasteiger partial charge in [0, 0.05) is 24.2 Å². The average molecular weight is 179 g/mol. The fraction of sp³-hybridized carbons (Fsp3) is 0.300. The molecule has 3 heteroatoms. The molecule has 0 amide bonds. The molecule has 0 saturated heterocycles. The van der Waals surface area contributed by atoms with Crippen molar-refractivity contribution in [2.45, 2.75) is 13.3 Å². The number of carbonyl (C=O) groups is 1. The monoisotopic (exact) mass is 179 g/mol. The number of halogens is 1. The van der Waals surface area contributed by atoms with Gasteiger partial charge >= 0.3 is 0 Å². The number of anilines is 1. The number of nitrogens with one attached hydrogen (secondary N) is 1. The van der Waals surface area contributed by atoms with Gasteiger partial charge in [0.15, 0.2) is 5.78 Å². The van der Waals surface area contributed by atoms with Crippen LogP contribution in [0.25, 0.3) is 0 Å². The first-order chi connectivity index (χ1) is 6.18. The van der Waals surface area contributed by atoms with Crippen LogP contribution in [-0.2, 0) is 0 Å². The SMILES string of the molecule is Cc1cc(F)cc2c1NCCC2=O. The maximum atomic E-state index is 12.9. The Morgan fingerprint density at radius 2 is 2.23 bits per heavy atom. The second-order valence-electron chi connectivity index (χ2n) is 3.25. The molecule has 0 spiro atoms. The summed E-state index contributed by atoms with van der Waals surface area (Å²) in [4.78, 5) is 11.4. The molecule has 0 saturated carbocycles. The quantitative estimate of drug-likeness (QED) is 0.661. The van der Waals surface area contributed by atoms with Crippen LogP contribution in [0.3, 0.4) is 0 Å². The largest absolute Gasteiger partial charge is 0.384 e. The van der Waals surface area contributed by atoms with E-state index >= 15 is 0 Å². The average Bonchev–Trinajstić information content (AvgIpc) is 2.07. The van der Waals surface area contributed by atoms with Gasteiger partial charge in [-0.2, -0.15) is 0 Å². The van der Waals surface area contributed by atoms with E-state index in [1.54, 1.807) is 6.92 Å². The van der Waals surface area contributed by atoms with E-state index in [2.05, 4.69) is 5.32 Å². The maximum Gasteiger partial charge on any atom is 0.166 e. The Labute approximate surface area is 75.8 Å². The van der Waals surface area contributed by atoms with E-state index in [4.69, 9.17) is 0 Å². The molecule has 0 radical (unpaired) electrons. The van der Waals surface area contributed by atoms with Gasteiger partial charge in [-0.3, -0.25) is 4.79 Å². The number of aryl methyl sites for hydroxylation is 1. The minimum Gasteiger partial charge on any atom is -0.384 e. The van der Waals surface area contributed by atoms with Crippen LogP contribution in [0.1, 0.15) is 22.3 Å². The summed E-state index contributed by atoms with van der Waals surface area (Å²) in [5.74, 6) is -0.315. The molecule has 0 bridgehead atoms. The number of hydrogen-bond acceptors (Lipinski definition) is 2. The van der Waals surface area contributed by atoms with Crippen LogP contribution < -0.4 is 5.32 Å². The van der Waals surface area contributed by atoms with E-state index < -0.39 is 0 Å². The van der Waals surface area contributed by atoms with E-state index in [0.29, 0.717) is 18.5 Å². The molecule has 2 rings (SSSR count). The van der Waals surface area contributed by atoms with E-state index in [0.717, 1.165) is 11.3 Å². The highest BCUT2D eigenvalue weighted by Gasteiger charge is 2.18. The standard InChI is InChI=1S/C10H10FNO/c1-6-4-7(11)5-8-9(13)2-3-12-10(6)8/h4-5,12H,2-3H2,1H3. The molecule has 0 atom stereocenters. The van der Waals surface area contributed by atoms with Crippen molar-refractivity contribution in [3.8, 4) is 0 Å². The molecule has 1 heterocycles. The van der Waals surface area contributed by atoms with Crippen molar-refractivity contribution in [1.82, 2.24) is 0 Å². The third-order valence-corrected chi connectivity index (χ3v) is 2.25. The Kier molecular flexibility index (Phi) is 1.79. The predicted molar refractivity (Wildman–Crippen MR) is 48.6 cm³/mol. The minimum atomic E-state index is -0.340. The summed E-state index contributed by atoms with van der Waals surface area (Å²) in [6.45, 7) is 2.45. The first-order valence-corrected chi connectivity index (χ1v) is 4.25. The lowest BCUT2D eigenvalue weighted by Gasteiger charge is -2.18. The third-order valence-electron chi connectivity index (χ3n) is 2.25. The molecule has 0 aromatic heterocycles. The van der Waals surface area contributed by atoms with E-state index in [9.17, 15) is 9.18 Å².